The SMILES string of the molecule is COc1ccc(C)cc1NC(=O)Cn1nc2cc(N3CCN(c4ccccc4)CC3)ncn2c1=O. The minimum Gasteiger partial charge on any atom is -0.495 e. The number of carbonyl (C=O) groups is 1. The molecular formula is C25H27N7O3. The molecule has 0 spiro atoms. The van der Waals surface area contributed by atoms with Crippen molar-refractivity contribution in [3.8, 4) is 5.75 Å². The zero-order chi connectivity index (χ0) is 24.4. The molecule has 2 aromatic carbocycles. The smallest absolute Gasteiger partial charge is 0.352 e. The van der Waals surface area contributed by atoms with Crippen molar-refractivity contribution in [2.75, 3.05) is 48.4 Å². The first-order valence-corrected chi connectivity index (χ1v) is 11.5. The Kier molecular flexibility index (Phi) is 6.09. The molecule has 0 saturated carbocycles. The largest absolute Gasteiger partial charge is 0.495 e. The molecule has 1 fully saturated rings. The molecule has 180 valence electrons. The maximum atomic E-state index is 12.8. The molecule has 3 heterocycles. The number of aryl methyl sites for hydroxylation is 1. The molecule has 10 heteroatoms. The van der Waals surface area contributed by atoms with E-state index in [1.54, 1.807) is 19.2 Å². The number of aromatic nitrogens is 4. The number of anilines is 3. The van der Waals surface area contributed by atoms with E-state index in [2.05, 4.69) is 37.3 Å². The van der Waals surface area contributed by atoms with E-state index in [9.17, 15) is 9.59 Å². The summed E-state index contributed by atoms with van der Waals surface area (Å²) < 4.78 is 7.80. The van der Waals surface area contributed by atoms with Crippen LogP contribution in [0.3, 0.4) is 0 Å². The summed E-state index contributed by atoms with van der Waals surface area (Å²) in [6.45, 7) is 5.07. The number of amides is 1. The van der Waals surface area contributed by atoms with Gasteiger partial charge in [0.1, 0.15) is 24.4 Å². The van der Waals surface area contributed by atoms with Gasteiger partial charge in [0.05, 0.1) is 12.8 Å². The van der Waals surface area contributed by atoms with Crippen molar-refractivity contribution in [3.05, 3.63) is 77.0 Å². The topological polar surface area (TPSA) is 97.0 Å². The van der Waals surface area contributed by atoms with Gasteiger partial charge in [-0.3, -0.25) is 4.79 Å². The highest BCUT2D eigenvalue weighted by Gasteiger charge is 2.20. The number of carbonyl (C=O) groups excluding carboxylic acids is 1. The lowest BCUT2D eigenvalue weighted by molar-refractivity contribution is -0.117. The van der Waals surface area contributed by atoms with Crippen LogP contribution in [0.4, 0.5) is 17.2 Å². The summed E-state index contributed by atoms with van der Waals surface area (Å²) >= 11 is 0. The molecule has 0 bridgehead atoms. The quantitative estimate of drug-likeness (QED) is 0.458. The van der Waals surface area contributed by atoms with Gasteiger partial charge in [0.2, 0.25) is 5.91 Å². The van der Waals surface area contributed by atoms with Crippen molar-refractivity contribution in [1.82, 2.24) is 19.2 Å². The lowest BCUT2D eigenvalue weighted by Crippen LogP contribution is -2.46. The lowest BCUT2D eigenvalue weighted by atomic mass is 10.2. The van der Waals surface area contributed by atoms with Crippen molar-refractivity contribution in [3.63, 3.8) is 0 Å². The fourth-order valence-corrected chi connectivity index (χ4v) is 4.27. The number of fused-ring (bicyclic) bond motifs is 1. The van der Waals surface area contributed by atoms with Crippen molar-refractivity contribution >= 4 is 28.7 Å². The first kappa shape index (κ1) is 22.5. The van der Waals surface area contributed by atoms with E-state index in [1.807, 2.05) is 37.3 Å². The van der Waals surface area contributed by atoms with Crippen LogP contribution >= 0.6 is 0 Å². The summed E-state index contributed by atoms with van der Waals surface area (Å²) in [5.41, 5.74) is 2.77. The lowest BCUT2D eigenvalue weighted by Gasteiger charge is -2.36. The highest BCUT2D eigenvalue weighted by atomic mass is 16.5. The molecule has 4 aromatic rings. The van der Waals surface area contributed by atoms with E-state index in [0.717, 1.165) is 42.2 Å². The molecule has 5 rings (SSSR count). The third-order valence-electron chi connectivity index (χ3n) is 6.11. The third kappa shape index (κ3) is 4.68. The summed E-state index contributed by atoms with van der Waals surface area (Å²) in [5.74, 6) is 0.938. The van der Waals surface area contributed by atoms with Crippen LogP contribution in [0.25, 0.3) is 5.65 Å². The average Bonchev–Trinajstić information content (AvgIpc) is 3.19. The highest BCUT2D eigenvalue weighted by molar-refractivity contribution is 5.92. The predicted molar refractivity (Wildman–Crippen MR) is 134 cm³/mol. The highest BCUT2D eigenvalue weighted by Crippen LogP contribution is 2.25. The second-order valence-electron chi connectivity index (χ2n) is 8.48. The fourth-order valence-electron chi connectivity index (χ4n) is 4.27. The fraction of sp³-hybridized carbons (Fsp3) is 0.280. The number of piperazine rings is 1. The van der Waals surface area contributed by atoms with E-state index in [4.69, 9.17) is 4.74 Å². The second-order valence-corrected chi connectivity index (χ2v) is 8.48. The maximum Gasteiger partial charge on any atom is 0.352 e. The average molecular weight is 474 g/mol. The van der Waals surface area contributed by atoms with Gasteiger partial charge in [-0.1, -0.05) is 24.3 Å². The zero-order valence-corrected chi connectivity index (χ0v) is 19.7. The first-order chi connectivity index (χ1) is 17.0. The molecule has 0 aliphatic carbocycles. The van der Waals surface area contributed by atoms with Crippen LogP contribution in [0.5, 0.6) is 5.75 Å². The normalized spacial score (nSPS) is 13.8. The molecule has 0 atom stereocenters. The van der Waals surface area contributed by atoms with Crippen molar-refractivity contribution in [1.29, 1.82) is 0 Å². The number of nitrogens with zero attached hydrogens (tertiary/aromatic N) is 6. The van der Waals surface area contributed by atoms with Gasteiger partial charge in [0.25, 0.3) is 0 Å². The Hall–Kier alpha value is -4.34. The minimum atomic E-state index is -0.417. The summed E-state index contributed by atoms with van der Waals surface area (Å²) in [6.07, 6.45) is 1.47. The van der Waals surface area contributed by atoms with Crippen molar-refractivity contribution < 1.29 is 9.53 Å². The maximum absolute atomic E-state index is 12.8. The summed E-state index contributed by atoms with van der Waals surface area (Å²) in [6, 6.07) is 17.6. The Morgan fingerprint density at radius 2 is 1.77 bits per heavy atom. The van der Waals surface area contributed by atoms with Crippen LogP contribution in [-0.2, 0) is 11.3 Å². The molecule has 1 N–H and O–H groups in total. The van der Waals surface area contributed by atoms with Gasteiger partial charge in [-0.2, -0.15) is 0 Å². The number of rotatable bonds is 6. The molecular weight excluding hydrogens is 446 g/mol. The Morgan fingerprint density at radius 1 is 1.03 bits per heavy atom. The summed E-state index contributed by atoms with van der Waals surface area (Å²) in [5, 5.41) is 7.17. The molecule has 0 unspecified atom stereocenters. The van der Waals surface area contributed by atoms with E-state index in [-0.39, 0.29) is 12.5 Å². The van der Waals surface area contributed by atoms with E-state index in [1.165, 1.54) is 16.4 Å². The van der Waals surface area contributed by atoms with Crippen LogP contribution in [0.15, 0.2) is 65.7 Å². The number of hydrogen-bond acceptors (Lipinski definition) is 7. The molecule has 1 aliphatic rings. The third-order valence-corrected chi connectivity index (χ3v) is 6.11. The first-order valence-electron chi connectivity index (χ1n) is 11.5. The van der Waals surface area contributed by atoms with Gasteiger partial charge in [0, 0.05) is 37.9 Å². The molecule has 1 aliphatic heterocycles. The number of nitrogens with one attached hydrogen (secondary N) is 1. The van der Waals surface area contributed by atoms with Crippen LogP contribution in [0, 0.1) is 6.92 Å². The second kappa shape index (κ2) is 9.49. The van der Waals surface area contributed by atoms with Crippen LogP contribution in [0.2, 0.25) is 0 Å². The van der Waals surface area contributed by atoms with E-state index < -0.39 is 5.69 Å². The number of methoxy groups -OCH3 is 1. The molecule has 35 heavy (non-hydrogen) atoms. The molecule has 10 nitrogen and oxygen atoms in total. The van der Waals surface area contributed by atoms with Crippen LogP contribution < -0.4 is 25.5 Å². The van der Waals surface area contributed by atoms with Gasteiger partial charge < -0.3 is 19.9 Å². The van der Waals surface area contributed by atoms with E-state index in [0.29, 0.717) is 17.1 Å². The standard InChI is InChI=1S/C25H27N7O3/c1-18-8-9-21(35-2)20(14-18)27-24(33)16-32-25(34)31-17-26-22(15-23(31)28-32)30-12-10-29(11-13-30)19-6-4-3-5-7-19/h3-9,14-15,17H,10-13,16H2,1-2H3,(H,27,33). The monoisotopic (exact) mass is 473 g/mol. The summed E-state index contributed by atoms with van der Waals surface area (Å²) in [4.78, 5) is 34.4. The minimum absolute atomic E-state index is 0.220. The Balaban J connectivity index is 1.29. The molecule has 0 radical (unpaired) electrons. The van der Waals surface area contributed by atoms with Crippen molar-refractivity contribution in [2.45, 2.75) is 13.5 Å². The Labute approximate surface area is 202 Å². The van der Waals surface area contributed by atoms with Crippen LogP contribution in [-0.4, -0.2) is 58.4 Å². The number of benzene rings is 2. The van der Waals surface area contributed by atoms with E-state index >= 15 is 0 Å². The van der Waals surface area contributed by atoms with Gasteiger partial charge in [-0.05, 0) is 36.8 Å². The number of hydrogen-bond donors (Lipinski definition) is 1. The van der Waals surface area contributed by atoms with Gasteiger partial charge >= 0.3 is 5.69 Å². The van der Waals surface area contributed by atoms with Gasteiger partial charge in [-0.25, -0.2) is 18.9 Å². The Bertz CT molecular complexity index is 1410. The van der Waals surface area contributed by atoms with Gasteiger partial charge in [-0.15, -0.1) is 5.10 Å². The zero-order valence-electron chi connectivity index (χ0n) is 19.7. The van der Waals surface area contributed by atoms with Crippen molar-refractivity contribution in [2.24, 2.45) is 0 Å². The molecule has 1 amide bonds. The molecule has 2 aromatic heterocycles. The van der Waals surface area contributed by atoms with Gasteiger partial charge in [0.15, 0.2) is 5.65 Å². The molecule has 1 saturated heterocycles. The van der Waals surface area contributed by atoms with Crippen LogP contribution in [0.1, 0.15) is 5.56 Å². The number of para-hydroxylation sites is 1. The Morgan fingerprint density at radius 3 is 2.51 bits per heavy atom. The predicted octanol–water partition coefficient (Wildman–Crippen LogP) is 2.17. The number of ether oxygens (including phenoxy) is 1. The summed E-state index contributed by atoms with van der Waals surface area (Å²) in [7, 11) is 1.54.